The van der Waals surface area contributed by atoms with Gasteiger partial charge in [-0.3, -0.25) is 19.3 Å². The van der Waals surface area contributed by atoms with Gasteiger partial charge in [0.15, 0.2) is 11.5 Å². The number of carbonyl (C=O) groups excluding carboxylic acids is 3. The molecule has 8 nitrogen and oxygen atoms in total. The molecule has 0 bridgehead atoms. The summed E-state index contributed by atoms with van der Waals surface area (Å²) in [5, 5.41) is 2.17. The van der Waals surface area contributed by atoms with E-state index in [1.165, 1.54) is 0 Å². The largest absolute Gasteiger partial charge is 0.497 e. The van der Waals surface area contributed by atoms with Crippen molar-refractivity contribution in [2.75, 3.05) is 32.2 Å². The lowest BCUT2D eigenvalue weighted by molar-refractivity contribution is -0.127. The first-order chi connectivity index (χ1) is 14.5. The van der Waals surface area contributed by atoms with Crippen LogP contribution >= 0.6 is 11.8 Å². The van der Waals surface area contributed by atoms with Crippen LogP contribution in [0.15, 0.2) is 47.4 Å². The van der Waals surface area contributed by atoms with E-state index in [4.69, 9.17) is 14.2 Å². The molecule has 2 aliphatic rings. The van der Waals surface area contributed by atoms with Crippen LogP contribution in [0.4, 0.5) is 10.5 Å². The van der Waals surface area contributed by atoms with Crippen molar-refractivity contribution in [2.45, 2.75) is 0 Å². The second-order valence-corrected chi connectivity index (χ2v) is 7.44. The second kappa shape index (κ2) is 8.50. The minimum atomic E-state index is -0.509. The van der Waals surface area contributed by atoms with E-state index < -0.39 is 17.1 Å². The van der Waals surface area contributed by atoms with Crippen molar-refractivity contribution < 1.29 is 28.6 Å². The smallest absolute Gasteiger partial charge is 0.294 e. The molecule has 3 amide bonds. The minimum Gasteiger partial charge on any atom is -0.497 e. The summed E-state index contributed by atoms with van der Waals surface area (Å²) in [7, 11) is 1.55. The van der Waals surface area contributed by atoms with Gasteiger partial charge < -0.3 is 19.5 Å². The molecule has 0 aromatic heterocycles. The van der Waals surface area contributed by atoms with E-state index in [9.17, 15) is 14.4 Å². The van der Waals surface area contributed by atoms with E-state index >= 15 is 0 Å². The Labute approximate surface area is 176 Å². The number of nitrogens with zero attached hydrogens (tertiary/aromatic N) is 1. The summed E-state index contributed by atoms with van der Waals surface area (Å²) in [6.07, 6.45) is 1.60. The number of imide groups is 1. The first-order valence-corrected chi connectivity index (χ1v) is 9.94. The topological polar surface area (TPSA) is 94.2 Å². The molecule has 0 radical (unpaired) electrons. The average Bonchev–Trinajstić information content (AvgIpc) is 3.01. The zero-order valence-electron chi connectivity index (χ0n) is 16.0. The number of ether oxygens (including phenoxy) is 3. The van der Waals surface area contributed by atoms with Crippen LogP contribution in [0.3, 0.4) is 0 Å². The number of amides is 3. The number of hydrogen-bond donors (Lipinski definition) is 1. The highest BCUT2D eigenvalue weighted by atomic mass is 32.2. The fourth-order valence-electron chi connectivity index (χ4n) is 2.96. The third kappa shape index (κ3) is 4.25. The Morgan fingerprint density at radius 1 is 1.13 bits per heavy atom. The minimum absolute atomic E-state index is 0.244. The molecule has 154 valence electrons. The molecule has 2 aromatic carbocycles. The van der Waals surface area contributed by atoms with E-state index in [2.05, 4.69) is 5.32 Å². The molecule has 2 aliphatic heterocycles. The fraction of sp³-hybridized carbons (Fsp3) is 0.190. The quantitative estimate of drug-likeness (QED) is 0.734. The van der Waals surface area contributed by atoms with Gasteiger partial charge in [0, 0.05) is 5.69 Å². The summed E-state index contributed by atoms with van der Waals surface area (Å²) in [6, 6.07) is 12.0. The number of anilines is 1. The third-order valence-corrected chi connectivity index (χ3v) is 5.32. The Balaban J connectivity index is 1.43. The Morgan fingerprint density at radius 2 is 1.87 bits per heavy atom. The van der Waals surface area contributed by atoms with Crippen LogP contribution in [-0.4, -0.2) is 48.8 Å². The van der Waals surface area contributed by atoms with Crippen molar-refractivity contribution in [3.05, 3.63) is 52.9 Å². The predicted molar refractivity (Wildman–Crippen MR) is 112 cm³/mol. The Morgan fingerprint density at radius 3 is 2.60 bits per heavy atom. The lowest BCUT2D eigenvalue weighted by Gasteiger charge is -2.18. The van der Waals surface area contributed by atoms with Crippen LogP contribution in [0.1, 0.15) is 5.56 Å². The molecular weight excluding hydrogens is 408 g/mol. The van der Waals surface area contributed by atoms with Gasteiger partial charge in [-0.1, -0.05) is 6.07 Å². The van der Waals surface area contributed by atoms with Crippen molar-refractivity contribution in [3.8, 4) is 17.2 Å². The number of thioether (sulfide) groups is 1. The van der Waals surface area contributed by atoms with Gasteiger partial charge in [0.2, 0.25) is 5.91 Å². The summed E-state index contributed by atoms with van der Waals surface area (Å²) in [6.45, 7) is 0.579. The van der Waals surface area contributed by atoms with E-state index in [0.29, 0.717) is 41.7 Å². The van der Waals surface area contributed by atoms with Gasteiger partial charge in [-0.25, -0.2) is 0 Å². The van der Waals surface area contributed by atoms with Gasteiger partial charge >= 0.3 is 0 Å². The zero-order chi connectivity index (χ0) is 21.1. The molecule has 1 N–H and O–H groups in total. The lowest BCUT2D eigenvalue weighted by atomic mass is 10.1. The highest BCUT2D eigenvalue weighted by Gasteiger charge is 2.36. The first-order valence-electron chi connectivity index (χ1n) is 9.12. The third-order valence-electron chi connectivity index (χ3n) is 4.41. The summed E-state index contributed by atoms with van der Waals surface area (Å²) in [5.41, 5.74) is 1.24. The molecular formula is C21H18N2O6S. The van der Waals surface area contributed by atoms with Crippen molar-refractivity contribution in [1.29, 1.82) is 0 Å². The summed E-state index contributed by atoms with van der Waals surface area (Å²) < 4.78 is 16.1. The standard InChI is InChI=1S/C21H18N2O6S/c1-27-15-5-3-14(4-6-15)22-19(24)12-23-20(25)18(30-21(23)26)11-13-2-7-16-17(10-13)29-9-8-28-16/h2-7,10-11H,8-9,12H2,1H3,(H,22,24)/b18-11+. The van der Waals surface area contributed by atoms with Crippen LogP contribution in [0.5, 0.6) is 17.2 Å². The van der Waals surface area contributed by atoms with Crippen LogP contribution in [-0.2, 0) is 9.59 Å². The molecule has 0 spiro atoms. The van der Waals surface area contributed by atoms with Crippen molar-refractivity contribution in [3.63, 3.8) is 0 Å². The molecule has 30 heavy (non-hydrogen) atoms. The predicted octanol–water partition coefficient (Wildman–Crippen LogP) is 3.14. The Bertz CT molecular complexity index is 1030. The van der Waals surface area contributed by atoms with Gasteiger partial charge in [0.05, 0.1) is 12.0 Å². The summed E-state index contributed by atoms with van der Waals surface area (Å²) >= 11 is 0.797. The van der Waals surface area contributed by atoms with E-state index in [1.807, 2.05) is 0 Å². The molecule has 0 saturated carbocycles. The average molecular weight is 426 g/mol. The normalized spacial score (nSPS) is 16.7. The van der Waals surface area contributed by atoms with Crippen molar-refractivity contribution in [2.24, 2.45) is 0 Å². The van der Waals surface area contributed by atoms with Crippen molar-refractivity contribution in [1.82, 2.24) is 4.90 Å². The Kier molecular flexibility index (Phi) is 5.62. The number of methoxy groups -OCH3 is 1. The molecule has 1 fully saturated rings. The zero-order valence-corrected chi connectivity index (χ0v) is 16.9. The first kappa shape index (κ1) is 19.8. The van der Waals surface area contributed by atoms with Gasteiger partial charge in [0.25, 0.3) is 11.1 Å². The number of fused-ring (bicyclic) bond motifs is 1. The fourth-order valence-corrected chi connectivity index (χ4v) is 3.79. The Hall–Kier alpha value is -3.46. The van der Waals surface area contributed by atoms with Gasteiger partial charge in [-0.2, -0.15) is 0 Å². The molecule has 1 saturated heterocycles. The number of nitrogens with one attached hydrogen (secondary N) is 1. The number of benzene rings is 2. The van der Waals surface area contributed by atoms with Crippen LogP contribution in [0.25, 0.3) is 6.08 Å². The van der Waals surface area contributed by atoms with Crippen LogP contribution < -0.4 is 19.5 Å². The number of rotatable bonds is 5. The van der Waals surface area contributed by atoms with Crippen LogP contribution in [0.2, 0.25) is 0 Å². The highest BCUT2D eigenvalue weighted by molar-refractivity contribution is 8.18. The van der Waals surface area contributed by atoms with E-state index in [-0.39, 0.29) is 11.4 Å². The van der Waals surface area contributed by atoms with E-state index in [0.717, 1.165) is 16.7 Å². The molecule has 9 heteroatoms. The van der Waals surface area contributed by atoms with E-state index in [1.54, 1.807) is 55.7 Å². The molecule has 0 atom stereocenters. The number of hydrogen-bond acceptors (Lipinski definition) is 7. The molecule has 0 aliphatic carbocycles. The molecule has 2 aromatic rings. The molecule has 0 unspecified atom stereocenters. The number of carbonyl (C=O) groups is 3. The van der Waals surface area contributed by atoms with Crippen LogP contribution in [0, 0.1) is 0 Å². The van der Waals surface area contributed by atoms with Gasteiger partial charge in [0.1, 0.15) is 25.5 Å². The summed E-state index contributed by atoms with van der Waals surface area (Å²) in [5.74, 6) is 0.908. The molecule has 4 rings (SSSR count). The maximum absolute atomic E-state index is 12.6. The summed E-state index contributed by atoms with van der Waals surface area (Å²) in [4.78, 5) is 38.4. The second-order valence-electron chi connectivity index (χ2n) is 6.45. The van der Waals surface area contributed by atoms with Gasteiger partial charge in [-0.05, 0) is 59.8 Å². The maximum atomic E-state index is 12.6. The van der Waals surface area contributed by atoms with Crippen molar-refractivity contribution >= 4 is 40.6 Å². The maximum Gasteiger partial charge on any atom is 0.294 e. The SMILES string of the molecule is COc1ccc(NC(=O)CN2C(=O)S/C(=C/c3ccc4c(c3)OCCO4)C2=O)cc1. The highest BCUT2D eigenvalue weighted by Crippen LogP contribution is 2.35. The monoisotopic (exact) mass is 426 g/mol. The molecule has 2 heterocycles. The van der Waals surface area contributed by atoms with Gasteiger partial charge in [-0.15, -0.1) is 0 Å². The lowest BCUT2D eigenvalue weighted by Crippen LogP contribution is -2.36.